The molecule has 1 heterocycles. The summed E-state index contributed by atoms with van der Waals surface area (Å²) in [5, 5.41) is 10.4. The van der Waals surface area contributed by atoms with Gasteiger partial charge in [0, 0.05) is 11.5 Å². The second kappa shape index (κ2) is 5.02. The minimum atomic E-state index is -0.681. The van der Waals surface area contributed by atoms with Crippen molar-refractivity contribution < 1.29 is 14.2 Å². The summed E-state index contributed by atoms with van der Waals surface area (Å²) >= 11 is 0. The molecule has 0 amide bonds. The van der Waals surface area contributed by atoms with Crippen LogP contribution in [-0.4, -0.2) is 11.7 Å². The van der Waals surface area contributed by atoms with Crippen molar-refractivity contribution in [1.82, 2.24) is 0 Å². The second-order valence-electron chi connectivity index (χ2n) is 4.89. The van der Waals surface area contributed by atoms with Crippen LogP contribution in [0.3, 0.4) is 0 Å². The Morgan fingerprint density at radius 3 is 2.74 bits per heavy atom. The summed E-state index contributed by atoms with van der Waals surface area (Å²) < 4.78 is 18.9. The van der Waals surface area contributed by atoms with Crippen LogP contribution < -0.4 is 4.74 Å². The lowest BCUT2D eigenvalue weighted by atomic mass is 9.88. The van der Waals surface area contributed by atoms with Gasteiger partial charge in [-0.1, -0.05) is 30.3 Å². The lowest BCUT2D eigenvalue weighted by Crippen LogP contribution is -2.27. The lowest BCUT2D eigenvalue weighted by molar-refractivity contribution is 0.0504. The predicted molar refractivity (Wildman–Crippen MR) is 70.5 cm³/mol. The van der Waals surface area contributed by atoms with E-state index < -0.39 is 6.10 Å². The number of rotatable bonds is 2. The standard InChI is InChI=1S/C16H15FO2/c17-13-6-7-15-14(9-13)16(18)12(10-19-15)8-11-4-2-1-3-5-11/h1-7,9,12,16,18H,8,10H2. The van der Waals surface area contributed by atoms with Gasteiger partial charge in [0.25, 0.3) is 0 Å². The van der Waals surface area contributed by atoms with Gasteiger partial charge in [-0.2, -0.15) is 0 Å². The molecule has 0 saturated heterocycles. The van der Waals surface area contributed by atoms with Crippen LogP contribution in [0.25, 0.3) is 0 Å². The highest BCUT2D eigenvalue weighted by Crippen LogP contribution is 2.37. The van der Waals surface area contributed by atoms with Crippen molar-refractivity contribution >= 4 is 0 Å². The third-order valence-corrected chi connectivity index (χ3v) is 3.53. The maximum Gasteiger partial charge on any atom is 0.125 e. The Morgan fingerprint density at radius 1 is 1.16 bits per heavy atom. The van der Waals surface area contributed by atoms with Gasteiger partial charge < -0.3 is 9.84 Å². The van der Waals surface area contributed by atoms with E-state index in [4.69, 9.17) is 4.74 Å². The number of aliphatic hydroxyl groups is 1. The molecule has 2 aromatic carbocycles. The fraction of sp³-hybridized carbons (Fsp3) is 0.250. The van der Waals surface area contributed by atoms with Gasteiger partial charge in [-0.25, -0.2) is 4.39 Å². The second-order valence-corrected chi connectivity index (χ2v) is 4.89. The molecule has 3 rings (SSSR count). The van der Waals surface area contributed by atoms with E-state index in [0.29, 0.717) is 17.9 Å². The first kappa shape index (κ1) is 12.2. The smallest absolute Gasteiger partial charge is 0.125 e. The van der Waals surface area contributed by atoms with Gasteiger partial charge in [0.2, 0.25) is 0 Å². The first-order chi connectivity index (χ1) is 9.24. The number of halogens is 1. The minimum absolute atomic E-state index is 0.0447. The summed E-state index contributed by atoms with van der Waals surface area (Å²) in [4.78, 5) is 0. The van der Waals surface area contributed by atoms with Crippen LogP contribution in [0.15, 0.2) is 48.5 Å². The van der Waals surface area contributed by atoms with Crippen LogP contribution in [0.4, 0.5) is 4.39 Å². The quantitative estimate of drug-likeness (QED) is 0.896. The SMILES string of the molecule is OC1c2cc(F)ccc2OCC1Cc1ccccc1. The molecule has 0 aromatic heterocycles. The van der Waals surface area contributed by atoms with Crippen LogP contribution in [-0.2, 0) is 6.42 Å². The van der Waals surface area contributed by atoms with Crippen LogP contribution in [0.2, 0.25) is 0 Å². The molecule has 0 saturated carbocycles. The van der Waals surface area contributed by atoms with E-state index in [0.717, 1.165) is 12.0 Å². The molecule has 3 heteroatoms. The predicted octanol–water partition coefficient (Wildman–Crippen LogP) is 3.11. The molecular formula is C16H15FO2. The van der Waals surface area contributed by atoms with Crippen molar-refractivity contribution in [3.63, 3.8) is 0 Å². The Balaban J connectivity index is 1.83. The van der Waals surface area contributed by atoms with Gasteiger partial charge in [-0.15, -0.1) is 0 Å². The highest BCUT2D eigenvalue weighted by molar-refractivity contribution is 5.38. The summed E-state index contributed by atoms with van der Waals surface area (Å²) in [5.74, 6) is 0.191. The van der Waals surface area contributed by atoms with Gasteiger partial charge in [0.15, 0.2) is 0 Å². The normalized spacial score (nSPS) is 21.6. The van der Waals surface area contributed by atoms with Crippen LogP contribution in [0, 0.1) is 11.7 Å². The molecule has 2 nitrogen and oxygen atoms in total. The topological polar surface area (TPSA) is 29.5 Å². The molecule has 0 radical (unpaired) electrons. The summed E-state index contributed by atoms with van der Waals surface area (Å²) in [7, 11) is 0. The number of benzene rings is 2. The Hall–Kier alpha value is -1.87. The molecule has 1 N–H and O–H groups in total. The van der Waals surface area contributed by atoms with E-state index >= 15 is 0 Å². The fourth-order valence-electron chi connectivity index (χ4n) is 2.51. The molecule has 0 fully saturated rings. The monoisotopic (exact) mass is 258 g/mol. The number of hydrogen-bond donors (Lipinski definition) is 1. The van der Waals surface area contributed by atoms with Crippen molar-refractivity contribution in [3.05, 3.63) is 65.5 Å². The molecule has 1 aliphatic rings. The molecule has 0 bridgehead atoms. The van der Waals surface area contributed by atoms with Gasteiger partial charge in [-0.05, 0) is 30.2 Å². The maximum absolute atomic E-state index is 13.3. The Labute approximate surface area is 111 Å². The number of hydrogen-bond acceptors (Lipinski definition) is 2. The molecule has 2 aromatic rings. The summed E-state index contributed by atoms with van der Waals surface area (Å²) in [6.07, 6.45) is 0.0393. The Bertz CT molecular complexity index is 568. The average molecular weight is 258 g/mol. The van der Waals surface area contributed by atoms with E-state index in [9.17, 15) is 9.50 Å². The van der Waals surface area contributed by atoms with Crippen LogP contribution in [0.1, 0.15) is 17.2 Å². The molecule has 0 spiro atoms. The zero-order chi connectivity index (χ0) is 13.2. The molecule has 98 valence electrons. The first-order valence-electron chi connectivity index (χ1n) is 6.38. The zero-order valence-corrected chi connectivity index (χ0v) is 10.4. The molecule has 19 heavy (non-hydrogen) atoms. The van der Waals surface area contributed by atoms with E-state index in [1.165, 1.54) is 12.1 Å². The Kier molecular flexibility index (Phi) is 3.22. The lowest BCUT2D eigenvalue weighted by Gasteiger charge is -2.30. The highest BCUT2D eigenvalue weighted by Gasteiger charge is 2.29. The van der Waals surface area contributed by atoms with Crippen molar-refractivity contribution in [2.45, 2.75) is 12.5 Å². The first-order valence-corrected chi connectivity index (χ1v) is 6.38. The average Bonchev–Trinajstić information content (AvgIpc) is 2.44. The number of ether oxygens (including phenoxy) is 1. The van der Waals surface area contributed by atoms with E-state index in [1.54, 1.807) is 6.07 Å². The van der Waals surface area contributed by atoms with Crippen molar-refractivity contribution in [3.8, 4) is 5.75 Å². The van der Waals surface area contributed by atoms with Crippen molar-refractivity contribution in [1.29, 1.82) is 0 Å². The van der Waals surface area contributed by atoms with E-state index in [-0.39, 0.29) is 11.7 Å². The van der Waals surface area contributed by atoms with E-state index in [2.05, 4.69) is 0 Å². The van der Waals surface area contributed by atoms with Gasteiger partial charge in [-0.3, -0.25) is 0 Å². The number of fused-ring (bicyclic) bond motifs is 1. The number of aliphatic hydroxyl groups excluding tert-OH is 1. The minimum Gasteiger partial charge on any atom is -0.493 e. The third kappa shape index (κ3) is 2.47. The summed E-state index contributed by atoms with van der Waals surface area (Å²) in [6.45, 7) is 0.453. The fourth-order valence-corrected chi connectivity index (χ4v) is 2.51. The summed E-state index contributed by atoms with van der Waals surface area (Å²) in [5.41, 5.74) is 1.70. The van der Waals surface area contributed by atoms with Crippen molar-refractivity contribution in [2.75, 3.05) is 6.61 Å². The van der Waals surface area contributed by atoms with Gasteiger partial charge >= 0.3 is 0 Å². The van der Waals surface area contributed by atoms with Gasteiger partial charge in [0.05, 0.1) is 12.7 Å². The molecular weight excluding hydrogens is 243 g/mol. The molecule has 2 unspecified atom stereocenters. The third-order valence-electron chi connectivity index (χ3n) is 3.53. The largest absolute Gasteiger partial charge is 0.493 e. The van der Waals surface area contributed by atoms with Crippen molar-refractivity contribution in [2.24, 2.45) is 5.92 Å². The Morgan fingerprint density at radius 2 is 1.95 bits per heavy atom. The molecule has 2 atom stereocenters. The maximum atomic E-state index is 13.3. The van der Waals surface area contributed by atoms with E-state index in [1.807, 2.05) is 30.3 Å². The zero-order valence-electron chi connectivity index (χ0n) is 10.4. The van der Waals surface area contributed by atoms with Crippen LogP contribution >= 0.6 is 0 Å². The summed E-state index contributed by atoms with van der Waals surface area (Å²) in [6, 6.07) is 14.2. The highest BCUT2D eigenvalue weighted by atomic mass is 19.1. The van der Waals surface area contributed by atoms with Crippen LogP contribution in [0.5, 0.6) is 5.75 Å². The molecule has 0 aliphatic carbocycles. The molecule has 1 aliphatic heterocycles. The van der Waals surface area contributed by atoms with Gasteiger partial charge in [0.1, 0.15) is 11.6 Å².